The second-order valence-electron chi connectivity index (χ2n) is 8.67. The van der Waals surface area contributed by atoms with Gasteiger partial charge in [0.2, 0.25) is 15.9 Å². The highest BCUT2D eigenvalue weighted by Crippen LogP contribution is 2.19. The van der Waals surface area contributed by atoms with Crippen LogP contribution in [0.5, 0.6) is 5.75 Å². The summed E-state index contributed by atoms with van der Waals surface area (Å²) in [6.45, 7) is 12.3. The molecule has 0 unspecified atom stereocenters. The van der Waals surface area contributed by atoms with Gasteiger partial charge >= 0.3 is 0 Å². The molecule has 32 heavy (non-hydrogen) atoms. The van der Waals surface area contributed by atoms with Gasteiger partial charge in [-0.2, -0.15) is 4.72 Å². The molecule has 0 saturated carbocycles. The molecule has 1 amide bonds. The summed E-state index contributed by atoms with van der Waals surface area (Å²) < 4.78 is 35.8. The van der Waals surface area contributed by atoms with E-state index in [4.69, 9.17) is 4.74 Å². The van der Waals surface area contributed by atoms with Gasteiger partial charge in [0.05, 0.1) is 29.7 Å². The van der Waals surface area contributed by atoms with Gasteiger partial charge in [-0.15, -0.1) is 0 Å². The molecule has 9 heteroatoms. The Kier molecular flexibility index (Phi) is 9.03. The van der Waals surface area contributed by atoms with E-state index in [1.54, 1.807) is 29.6 Å². The predicted octanol–water partition coefficient (Wildman–Crippen LogP) is 3.32. The van der Waals surface area contributed by atoms with Crippen LogP contribution in [-0.4, -0.2) is 41.4 Å². The Morgan fingerprint density at radius 2 is 1.88 bits per heavy atom. The van der Waals surface area contributed by atoms with Crippen molar-refractivity contribution in [1.29, 1.82) is 0 Å². The summed E-state index contributed by atoms with van der Waals surface area (Å²) in [6, 6.07) is 5.10. The van der Waals surface area contributed by atoms with Crippen molar-refractivity contribution in [3.63, 3.8) is 0 Å². The van der Waals surface area contributed by atoms with Crippen molar-refractivity contribution in [2.45, 2.75) is 51.6 Å². The predicted molar refractivity (Wildman–Crippen MR) is 124 cm³/mol. The number of hydrogen-bond acceptors (Lipinski definition) is 5. The largest absolute Gasteiger partial charge is 0.466 e. The van der Waals surface area contributed by atoms with Gasteiger partial charge in [-0.1, -0.05) is 34.3 Å². The fourth-order valence-electron chi connectivity index (χ4n) is 3.35. The third-order valence-corrected chi connectivity index (χ3v) is 6.31. The number of carbonyl (C=O) groups excluding carboxylic acids is 1. The summed E-state index contributed by atoms with van der Waals surface area (Å²) in [6.07, 6.45) is 5.05. The van der Waals surface area contributed by atoms with Crippen LogP contribution in [0, 0.1) is 11.8 Å². The zero-order valence-corrected chi connectivity index (χ0v) is 20.3. The molecule has 1 aromatic carbocycles. The van der Waals surface area contributed by atoms with Gasteiger partial charge in [-0.05, 0) is 42.5 Å². The monoisotopic (exact) mass is 462 g/mol. The Labute approximate surface area is 191 Å². The molecule has 0 aliphatic heterocycles. The number of carbonyl (C=O) groups is 1. The fourth-order valence-corrected chi connectivity index (χ4v) is 4.55. The van der Waals surface area contributed by atoms with Crippen LogP contribution < -0.4 is 9.46 Å². The highest BCUT2D eigenvalue weighted by atomic mass is 32.2. The SMILES string of the molecule is C=COc1ccc(S(=O)(=O)N[C@@H](CC(C)C)C(=O)N(Cc2cncn2C)CC(C)C)cc1. The first-order chi connectivity index (χ1) is 15.0. The van der Waals surface area contributed by atoms with E-state index >= 15 is 0 Å². The van der Waals surface area contributed by atoms with Crippen LogP contribution in [0.25, 0.3) is 0 Å². The number of hydrogen-bond donors (Lipinski definition) is 1. The number of ether oxygens (including phenoxy) is 1. The number of aromatic nitrogens is 2. The lowest BCUT2D eigenvalue weighted by Gasteiger charge is -2.30. The number of nitrogens with zero attached hydrogens (tertiary/aromatic N) is 3. The number of benzene rings is 1. The summed E-state index contributed by atoms with van der Waals surface area (Å²) in [7, 11) is -2.04. The summed E-state index contributed by atoms with van der Waals surface area (Å²) in [5, 5.41) is 0. The van der Waals surface area contributed by atoms with E-state index in [1.807, 2.05) is 39.3 Å². The van der Waals surface area contributed by atoms with E-state index in [0.717, 1.165) is 5.69 Å². The number of sulfonamides is 1. The average molecular weight is 463 g/mol. The first-order valence-electron chi connectivity index (χ1n) is 10.7. The minimum absolute atomic E-state index is 0.0671. The van der Waals surface area contributed by atoms with Crippen LogP contribution in [0.15, 0.2) is 54.5 Å². The lowest BCUT2D eigenvalue weighted by Crippen LogP contribution is -2.49. The van der Waals surface area contributed by atoms with E-state index in [-0.39, 0.29) is 22.6 Å². The normalized spacial score (nSPS) is 12.7. The van der Waals surface area contributed by atoms with Crippen LogP contribution in [0.1, 0.15) is 39.8 Å². The third kappa shape index (κ3) is 7.20. The van der Waals surface area contributed by atoms with Crippen LogP contribution in [-0.2, 0) is 28.4 Å². The molecule has 0 spiro atoms. The minimum Gasteiger partial charge on any atom is -0.466 e. The number of imidazole rings is 1. The summed E-state index contributed by atoms with van der Waals surface area (Å²) in [5.41, 5.74) is 0.878. The first kappa shape index (κ1) is 25.6. The van der Waals surface area contributed by atoms with Gasteiger partial charge in [-0.3, -0.25) is 4.79 Å². The van der Waals surface area contributed by atoms with E-state index in [9.17, 15) is 13.2 Å². The van der Waals surface area contributed by atoms with Crippen molar-refractivity contribution >= 4 is 15.9 Å². The van der Waals surface area contributed by atoms with Crippen molar-refractivity contribution in [3.8, 4) is 5.75 Å². The molecule has 2 rings (SSSR count). The van der Waals surface area contributed by atoms with Crippen molar-refractivity contribution in [2.24, 2.45) is 18.9 Å². The summed E-state index contributed by atoms with van der Waals surface area (Å²) in [4.78, 5) is 19.4. The standard InChI is InChI=1S/C23H34N4O4S/c1-7-31-20-8-10-21(11-9-20)32(29,30)25-22(12-17(2)3)23(28)27(14-18(4)5)15-19-13-24-16-26(19)6/h7-11,13,16-18,22,25H,1,12,14-15H2,2-6H3/t22-/m0/s1. The van der Waals surface area contributed by atoms with Crippen molar-refractivity contribution in [3.05, 3.63) is 55.3 Å². The van der Waals surface area contributed by atoms with Crippen LogP contribution in [0.2, 0.25) is 0 Å². The quantitative estimate of drug-likeness (QED) is 0.489. The second kappa shape index (κ2) is 11.3. The zero-order chi connectivity index (χ0) is 23.9. The number of nitrogens with one attached hydrogen (secondary N) is 1. The Morgan fingerprint density at radius 1 is 1.22 bits per heavy atom. The Balaban J connectivity index is 2.29. The van der Waals surface area contributed by atoms with Gasteiger partial charge < -0.3 is 14.2 Å². The van der Waals surface area contributed by atoms with E-state index in [1.165, 1.54) is 18.4 Å². The molecule has 0 saturated heterocycles. The Morgan fingerprint density at radius 3 is 2.38 bits per heavy atom. The number of aryl methyl sites for hydroxylation is 1. The molecule has 0 fully saturated rings. The topological polar surface area (TPSA) is 93.5 Å². The number of amides is 1. The van der Waals surface area contributed by atoms with E-state index in [2.05, 4.69) is 16.3 Å². The maximum absolute atomic E-state index is 13.5. The molecule has 1 aromatic heterocycles. The van der Waals surface area contributed by atoms with Gasteiger partial charge in [0, 0.05) is 19.8 Å². The van der Waals surface area contributed by atoms with Gasteiger partial charge in [0.1, 0.15) is 11.8 Å². The zero-order valence-electron chi connectivity index (χ0n) is 19.5. The van der Waals surface area contributed by atoms with Gasteiger partial charge in [0.15, 0.2) is 0 Å². The molecule has 8 nitrogen and oxygen atoms in total. The molecule has 0 aliphatic rings. The molecule has 176 valence electrons. The first-order valence-corrected chi connectivity index (χ1v) is 12.2. The molecule has 1 heterocycles. The lowest BCUT2D eigenvalue weighted by atomic mass is 10.0. The van der Waals surface area contributed by atoms with Crippen LogP contribution in [0.3, 0.4) is 0 Å². The summed E-state index contributed by atoms with van der Waals surface area (Å²) >= 11 is 0. The summed E-state index contributed by atoms with van der Waals surface area (Å²) in [5.74, 6) is 0.574. The third-order valence-electron chi connectivity index (χ3n) is 4.82. The van der Waals surface area contributed by atoms with Crippen molar-refractivity contribution in [1.82, 2.24) is 19.2 Å². The minimum atomic E-state index is -3.91. The Bertz CT molecular complexity index is 997. The maximum atomic E-state index is 13.5. The van der Waals surface area contributed by atoms with E-state index in [0.29, 0.717) is 25.3 Å². The fraction of sp³-hybridized carbons (Fsp3) is 0.478. The van der Waals surface area contributed by atoms with Crippen LogP contribution in [0.4, 0.5) is 0 Å². The molecular formula is C23H34N4O4S. The van der Waals surface area contributed by atoms with E-state index < -0.39 is 16.1 Å². The highest BCUT2D eigenvalue weighted by Gasteiger charge is 2.30. The van der Waals surface area contributed by atoms with Crippen molar-refractivity contribution in [2.75, 3.05) is 6.54 Å². The smallest absolute Gasteiger partial charge is 0.241 e. The van der Waals surface area contributed by atoms with Crippen molar-refractivity contribution < 1.29 is 17.9 Å². The van der Waals surface area contributed by atoms with Gasteiger partial charge in [0.25, 0.3) is 0 Å². The molecular weight excluding hydrogens is 428 g/mol. The molecule has 0 bridgehead atoms. The highest BCUT2D eigenvalue weighted by molar-refractivity contribution is 7.89. The number of rotatable bonds is 12. The molecule has 0 aliphatic carbocycles. The van der Waals surface area contributed by atoms with Crippen LogP contribution >= 0.6 is 0 Å². The Hall–Kier alpha value is -2.65. The second-order valence-corrected chi connectivity index (χ2v) is 10.4. The lowest BCUT2D eigenvalue weighted by molar-refractivity contribution is -0.134. The van der Waals surface area contributed by atoms with Gasteiger partial charge in [-0.25, -0.2) is 13.4 Å². The molecule has 1 atom stereocenters. The molecule has 2 aromatic rings. The average Bonchev–Trinajstić information content (AvgIpc) is 3.11. The molecule has 0 radical (unpaired) electrons. The molecule has 1 N–H and O–H groups in total. The maximum Gasteiger partial charge on any atom is 0.241 e.